The summed E-state index contributed by atoms with van der Waals surface area (Å²) < 4.78 is 4.70. The van der Waals surface area contributed by atoms with Crippen LogP contribution >= 0.6 is 0 Å². The number of nitrogens with one attached hydrogen (secondary N) is 2. The number of aliphatic carboxylic acids is 1. The molecule has 0 fully saturated rings. The number of rotatable bonds is 6. The smallest absolute Gasteiger partial charge is 0.339 e. The summed E-state index contributed by atoms with van der Waals surface area (Å²) in [4.78, 5) is 34.5. The molecule has 126 valence electrons. The molecule has 0 bridgehead atoms. The van der Waals surface area contributed by atoms with E-state index in [1.54, 1.807) is 32.0 Å². The van der Waals surface area contributed by atoms with Crippen LogP contribution in [-0.4, -0.2) is 35.7 Å². The van der Waals surface area contributed by atoms with E-state index in [-0.39, 0.29) is 18.4 Å². The molecule has 0 saturated heterocycles. The summed E-state index contributed by atoms with van der Waals surface area (Å²) in [7, 11) is 1.27. The molecule has 7 heteroatoms. The van der Waals surface area contributed by atoms with E-state index in [4.69, 9.17) is 9.84 Å². The molecule has 0 spiro atoms. The number of benzene rings is 1. The van der Waals surface area contributed by atoms with Crippen LogP contribution in [0.4, 0.5) is 10.5 Å². The highest BCUT2D eigenvalue weighted by molar-refractivity contribution is 6.01. The number of hydrogen-bond acceptors (Lipinski definition) is 4. The van der Waals surface area contributed by atoms with E-state index in [9.17, 15) is 14.4 Å². The highest BCUT2D eigenvalue weighted by Gasteiger charge is 2.22. The Kier molecular flexibility index (Phi) is 6.12. The highest BCUT2D eigenvalue weighted by Crippen LogP contribution is 2.19. The van der Waals surface area contributed by atoms with Crippen molar-refractivity contribution in [2.24, 2.45) is 0 Å². The van der Waals surface area contributed by atoms with Crippen molar-refractivity contribution in [3.05, 3.63) is 29.3 Å². The van der Waals surface area contributed by atoms with Gasteiger partial charge in [-0.3, -0.25) is 4.79 Å². The lowest BCUT2D eigenvalue weighted by Crippen LogP contribution is -2.46. The third-order valence-electron chi connectivity index (χ3n) is 3.24. The SMILES string of the molecule is COC(=O)c1cc(C)ccc1NC(=O)NC(C)(C)CCC(=O)O. The Morgan fingerprint density at radius 3 is 2.48 bits per heavy atom. The van der Waals surface area contributed by atoms with Crippen LogP contribution in [0.3, 0.4) is 0 Å². The van der Waals surface area contributed by atoms with Crippen molar-refractivity contribution in [1.82, 2.24) is 5.32 Å². The number of anilines is 1. The van der Waals surface area contributed by atoms with E-state index in [1.165, 1.54) is 7.11 Å². The number of methoxy groups -OCH3 is 1. The molecular weight excluding hydrogens is 300 g/mol. The molecule has 0 aromatic heterocycles. The van der Waals surface area contributed by atoms with Gasteiger partial charge in [0.05, 0.1) is 18.4 Å². The summed E-state index contributed by atoms with van der Waals surface area (Å²) in [6.45, 7) is 5.28. The van der Waals surface area contributed by atoms with Gasteiger partial charge in [0.2, 0.25) is 0 Å². The Balaban J connectivity index is 2.81. The molecule has 1 aromatic rings. The Morgan fingerprint density at radius 1 is 1.26 bits per heavy atom. The van der Waals surface area contributed by atoms with Gasteiger partial charge in [-0.15, -0.1) is 0 Å². The summed E-state index contributed by atoms with van der Waals surface area (Å²) in [6.07, 6.45) is 0.235. The second-order valence-electron chi connectivity index (χ2n) is 5.90. The number of aryl methyl sites for hydroxylation is 1. The van der Waals surface area contributed by atoms with Crippen molar-refractivity contribution in [1.29, 1.82) is 0 Å². The van der Waals surface area contributed by atoms with Gasteiger partial charge in [-0.2, -0.15) is 0 Å². The Labute approximate surface area is 135 Å². The lowest BCUT2D eigenvalue weighted by atomic mass is 9.99. The number of carboxylic acids is 1. The first kappa shape index (κ1) is 18.5. The highest BCUT2D eigenvalue weighted by atomic mass is 16.5. The van der Waals surface area contributed by atoms with Gasteiger partial charge in [0, 0.05) is 12.0 Å². The van der Waals surface area contributed by atoms with E-state index in [1.807, 2.05) is 6.92 Å². The Morgan fingerprint density at radius 2 is 1.91 bits per heavy atom. The van der Waals surface area contributed by atoms with E-state index in [0.717, 1.165) is 5.56 Å². The molecule has 0 atom stereocenters. The molecule has 1 aromatic carbocycles. The minimum absolute atomic E-state index is 0.0504. The van der Waals surface area contributed by atoms with Crippen LogP contribution in [0.25, 0.3) is 0 Å². The number of carbonyl (C=O) groups is 3. The van der Waals surface area contributed by atoms with Crippen LogP contribution in [0.2, 0.25) is 0 Å². The zero-order valence-electron chi connectivity index (χ0n) is 13.7. The average Bonchev–Trinajstić information content (AvgIpc) is 2.45. The second kappa shape index (κ2) is 7.62. The summed E-state index contributed by atoms with van der Waals surface area (Å²) in [6, 6.07) is 4.48. The monoisotopic (exact) mass is 322 g/mol. The number of amides is 2. The van der Waals surface area contributed by atoms with Crippen molar-refractivity contribution in [2.75, 3.05) is 12.4 Å². The van der Waals surface area contributed by atoms with Gasteiger partial charge in [0.1, 0.15) is 0 Å². The standard InChI is InChI=1S/C16H22N2O5/c1-10-5-6-12(11(9-10)14(21)23-4)17-15(22)18-16(2,3)8-7-13(19)20/h5-6,9H,7-8H2,1-4H3,(H,19,20)(H2,17,18,22). The first-order chi connectivity index (χ1) is 10.6. The zero-order valence-corrected chi connectivity index (χ0v) is 13.7. The van der Waals surface area contributed by atoms with Gasteiger partial charge < -0.3 is 20.5 Å². The van der Waals surface area contributed by atoms with Gasteiger partial charge in [-0.1, -0.05) is 11.6 Å². The van der Waals surface area contributed by atoms with Crippen LogP contribution < -0.4 is 10.6 Å². The minimum Gasteiger partial charge on any atom is -0.481 e. The van der Waals surface area contributed by atoms with Gasteiger partial charge in [-0.05, 0) is 39.3 Å². The van der Waals surface area contributed by atoms with Crippen molar-refractivity contribution in [2.45, 2.75) is 39.2 Å². The third kappa shape index (κ3) is 5.98. The van der Waals surface area contributed by atoms with E-state index >= 15 is 0 Å². The molecule has 7 nitrogen and oxygen atoms in total. The van der Waals surface area contributed by atoms with Gasteiger partial charge >= 0.3 is 18.0 Å². The molecule has 1 rings (SSSR count). The number of urea groups is 1. The fraction of sp³-hybridized carbons (Fsp3) is 0.438. The maximum atomic E-state index is 12.1. The normalized spacial score (nSPS) is 10.8. The van der Waals surface area contributed by atoms with Crippen LogP contribution in [-0.2, 0) is 9.53 Å². The molecule has 0 radical (unpaired) electrons. The van der Waals surface area contributed by atoms with Crippen LogP contribution in [0, 0.1) is 6.92 Å². The number of hydrogen-bond donors (Lipinski definition) is 3. The summed E-state index contributed by atoms with van der Waals surface area (Å²) in [5, 5.41) is 14.0. The van der Waals surface area contributed by atoms with Crippen LogP contribution in [0.15, 0.2) is 18.2 Å². The van der Waals surface area contributed by atoms with Gasteiger partial charge in [-0.25, -0.2) is 9.59 Å². The maximum absolute atomic E-state index is 12.1. The molecular formula is C16H22N2O5. The lowest BCUT2D eigenvalue weighted by molar-refractivity contribution is -0.137. The first-order valence-corrected chi connectivity index (χ1v) is 7.14. The molecule has 0 heterocycles. The fourth-order valence-corrected chi connectivity index (χ4v) is 1.99. The predicted octanol–water partition coefficient (Wildman–Crippen LogP) is 2.55. The summed E-state index contributed by atoms with van der Waals surface area (Å²) in [5.41, 5.74) is 0.747. The quantitative estimate of drug-likeness (QED) is 0.698. The van der Waals surface area contributed by atoms with Crippen molar-refractivity contribution >= 4 is 23.7 Å². The van der Waals surface area contributed by atoms with E-state index in [0.29, 0.717) is 5.69 Å². The number of esters is 1. The molecule has 3 N–H and O–H groups in total. The Hall–Kier alpha value is -2.57. The largest absolute Gasteiger partial charge is 0.481 e. The van der Waals surface area contributed by atoms with E-state index < -0.39 is 23.5 Å². The van der Waals surface area contributed by atoms with Crippen LogP contribution in [0.5, 0.6) is 0 Å². The number of ether oxygens (including phenoxy) is 1. The molecule has 0 saturated carbocycles. The number of carboxylic acid groups (broad SMARTS) is 1. The van der Waals surface area contributed by atoms with Gasteiger partial charge in [0.15, 0.2) is 0 Å². The average molecular weight is 322 g/mol. The molecule has 0 aliphatic heterocycles. The first-order valence-electron chi connectivity index (χ1n) is 7.14. The summed E-state index contributed by atoms with van der Waals surface area (Å²) in [5.74, 6) is -1.47. The van der Waals surface area contributed by atoms with Crippen molar-refractivity contribution in [3.8, 4) is 0 Å². The zero-order chi connectivity index (χ0) is 17.6. The molecule has 23 heavy (non-hydrogen) atoms. The molecule has 2 amide bonds. The molecule has 0 unspecified atom stereocenters. The topological polar surface area (TPSA) is 105 Å². The van der Waals surface area contributed by atoms with Crippen LogP contribution in [0.1, 0.15) is 42.6 Å². The maximum Gasteiger partial charge on any atom is 0.339 e. The lowest BCUT2D eigenvalue weighted by Gasteiger charge is -2.26. The third-order valence-corrected chi connectivity index (χ3v) is 3.24. The van der Waals surface area contributed by atoms with E-state index in [2.05, 4.69) is 10.6 Å². The number of carbonyl (C=O) groups excluding carboxylic acids is 2. The van der Waals surface area contributed by atoms with Crippen molar-refractivity contribution < 1.29 is 24.2 Å². The second-order valence-corrected chi connectivity index (χ2v) is 5.90. The Bertz CT molecular complexity index is 610. The van der Waals surface area contributed by atoms with Crippen molar-refractivity contribution in [3.63, 3.8) is 0 Å². The predicted molar refractivity (Wildman–Crippen MR) is 85.6 cm³/mol. The molecule has 0 aliphatic rings. The van der Waals surface area contributed by atoms with Gasteiger partial charge in [0.25, 0.3) is 0 Å². The molecule has 0 aliphatic carbocycles. The minimum atomic E-state index is -0.924. The fourth-order valence-electron chi connectivity index (χ4n) is 1.99. The summed E-state index contributed by atoms with van der Waals surface area (Å²) >= 11 is 0.